The number of benzene rings is 2. The lowest BCUT2D eigenvalue weighted by atomic mass is 10.1. The summed E-state index contributed by atoms with van der Waals surface area (Å²) in [6, 6.07) is 12.3. The Kier molecular flexibility index (Phi) is 5.50. The second-order valence-corrected chi connectivity index (χ2v) is 5.62. The number of rotatable bonds is 7. The highest BCUT2D eigenvalue weighted by Crippen LogP contribution is 2.32. The van der Waals surface area contributed by atoms with E-state index in [9.17, 15) is 4.79 Å². The van der Waals surface area contributed by atoms with Gasteiger partial charge in [-0.15, -0.1) is 0 Å². The number of ether oxygens (including phenoxy) is 2. The fourth-order valence-electron chi connectivity index (χ4n) is 2.67. The summed E-state index contributed by atoms with van der Waals surface area (Å²) in [4.78, 5) is 17.3. The van der Waals surface area contributed by atoms with Gasteiger partial charge in [0.2, 0.25) is 0 Å². The summed E-state index contributed by atoms with van der Waals surface area (Å²) in [5, 5.41) is 18.5. The van der Waals surface area contributed by atoms with Crippen LogP contribution in [0.4, 0.5) is 0 Å². The Morgan fingerprint density at radius 2 is 1.77 bits per heavy atom. The highest BCUT2D eigenvalue weighted by atomic mass is 16.5. The number of nitrogens with zero attached hydrogens (tertiary/aromatic N) is 2. The lowest BCUT2D eigenvalue weighted by Crippen LogP contribution is -2.20. The van der Waals surface area contributed by atoms with E-state index in [4.69, 9.17) is 19.7 Å². The molecule has 0 radical (unpaired) electrons. The molecule has 1 aromatic heterocycles. The van der Waals surface area contributed by atoms with E-state index in [-0.39, 0.29) is 32.0 Å². The minimum absolute atomic E-state index is 0.0952. The van der Waals surface area contributed by atoms with Crippen molar-refractivity contribution in [1.29, 1.82) is 0 Å². The first-order chi connectivity index (χ1) is 12.7. The molecular weight excluding hydrogens is 336 g/mol. The molecule has 0 aliphatic rings. The van der Waals surface area contributed by atoms with E-state index in [2.05, 4.69) is 4.98 Å². The molecule has 1 heterocycles. The van der Waals surface area contributed by atoms with Gasteiger partial charge >= 0.3 is 0 Å². The third kappa shape index (κ3) is 3.54. The van der Waals surface area contributed by atoms with Gasteiger partial charge in [0.15, 0.2) is 0 Å². The van der Waals surface area contributed by atoms with Crippen LogP contribution in [0.1, 0.15) is 0 Å². The summed E-state index contributed by atoms with van der Waals surface area (Å²) in [7, 11) is 1.66. The third-order valence-electron chi connectivity index (χ3n) is 3.89. The van der Waals surface area contributed by atoms with Crippen LogP contribution in [-0.2, 0) is 7.05 Å². The SMILES string of the molecule is Cn1c(-c2ccc(OCCO)cc2OCCO)nc2ccccc2c1=O. The van der Waals surface area contributed by atoms with Crippen LogP contribution in [0.5, 0.6) is 11.5 Å². The number of hydrogen-bond donors (Lipinski definition) is 2. The molecule has 0 aliphatic carbocycles. The normalized spacial score (nSPS) is 10.9. The predicted molar refractivity (Wildman–Crippen MR) is 97.6 cm³/mol. The highest BCUT2D eigenvalue weighted by Gasteiger charge is 2.15. The van der Waals surface area contributed by atoms with Crippen LogP contribution in [0.15, 0.2) is 47.3 Å². The summed E-state index contributed by atoms with van der Waals surface area (Å²) < 4.78 is 12.5. The van der Waals surface area contributed by atoms with E-state index >= 15 is 0 Å². The average Bonchev–Trinajstić information content (AvgIpc) is 2.67. The molecule has 0 spiro atoms. The smallest absolute Gasteiger partial charge is 0.261 e. The van der Waals surface area contributed by atoms with Crippen molar-refractivity contribution in [3.63, 3.8) is 0 Å². The van der Waals surface area contributed by atoms with Gasteiger partial charge in [-0.25, -0.2) is 4.98 Å². The van der Waals surface area contributed by atoms with Crippen LogP contribution >= 0.6 is 0 Å². The van der Waals surface area contributed by atoms with Crippen molar-refractivity contribution in [2.24, 2.45) is 7.05 Å². The predicted octanol–water partition coefficient (Wildman–Crippen LogP) is 1.34. The number of aliphatic hydroxyl groups excluding tert-OH is 2. The molecule has 136 valence electrons. The average molecular weight is 356 g/mol. The van der Waals surface area contributed by atoms with Gasteiger partial charge in [0.05, 0.1) is 29.7 Å². The van der Waals surface area contributed by atoms with Crippen LogP contribution in [0.25, 0.3) is 22.3 Å². The minimum Gasteiger partial charge on any atom is -0.491 e. The van der Waals surface area contributed by atoms with Crippen molar-refractivity contribution in [3.05, 3.63) is 52.8 Å². The van der Waals surface area contributed by atoms with E-state index in [1.54, 1.807) is 43.4 Å². The second kappa shape index (κ2) is 7.99. The van der Waals surface area contributed by atoms with Gasteiger partial charge in [-0.2, -0.15) is 0 Å². The lowest BCUT2D eigenvalue weighted by Gasteiger charge is -2.15. The summed E-state index contributed by atoms with van der Waals surface area (Å²) in [6.45, 7) is 0.00400. The first-order valence-electron chi connectivity index (χ1n) is 8.23. The van der Waals surface area contributed by atoms with Gasteiger partial charge in [-0.1, -0.05) is 12.1 Å². The molecule has 26 heavy (non-hydrogen) atoms. The fourth-order valence-corrected chi connectivity index (χ4v) is 2.67. The third-order valence-corrected chi connectivity index (χ3v) is 3.89. The molecule has 7 heteroatoms. The zero-order valence-electron chi connectivity index (χ0n) is 14.4. The van der Waals surface area contributed by atoms with Crippen LogP contribution in [0.3, 0.4) is 0 Å². The minimum atomic E-state index is -0.153. The molecule has 0 fully saturated rings. The zero-order valence-corrected chi connectivity index (χ0v) is 14.4. The van der Waals surface area contributed by atoms with Crippen molar-refractivity contribution in [3.8, 4) is 22.9 Å². The molecule has 0 saturated heterocycles. The van der Waals surface area contributed by atoms with Gasteiger partial charge in [0.1, 0.15) is 30.5 Å². The molecule has 7 nitrogen and oxygen atoms in total. The van der Waals surface area contributed by atoms with E-state index in [0.717, 1.165) is 0 Å². The standard InChI is InChI=1S/C19H20N2O5/c1-21-18(20-16-5-3-2-4-14(16)19(21)24)15-7-6-13(25-10-8-22)12-17(15)26-11-9-23/h2-7,12,22-23H,8-11H2,1H3. The first-order valence-corrected chi connectivity index (χ1v) is 8.23. The van der Waals surface area contributed by atoms with E-state index in [1.807, 2.05) is 6.07 Å². The largest absolute Gasteiger partial charge is 0.491 e. The maximum absolute atomic E-state index is 12.6. The van der Waals surface area contributed by atoms with E-state index < -0.39 is 0 Å². The maximum Gasteiger partial charge on any atom is 0.261 e. The summed E-state index contributed by atoms with van der Waals surface area (Å²) in [6.07, 6.45) is 0. The first kappa shape index (κ1) is 17.9. The highest BCUT2D eigenvalue weighted by molar-refractivity contribution is 5.80. The monoisotopic (exact) mass is 356 g/mol. The van der Waals surface area contributed by atoms with Crippen LogP contribution in [0, 0.1) is 0 Å². The van der Waals surface area contributed by atoms with E-state index in [0.29, 0.717) is 33.8 Å². The van der Waals surface area contributed by atoms with Crippen LogP contribution < -0.4 is 15.0 Å². The van der Waals surface area contributed by atoms with Gasteiger partial charge in [0.25, 0.3) is 5.56 Å². The molecule has 0 amide bonds. The molecule has 0 unspecified atom stereocenters. The van der Waals surface area contributed by atoms with Crippen molar-refractivity contribution < 1.29 is 19.7 Å². The van der Waals surface area contributed by atoms with Crippen molar-refractivity contribution in [2.45, 2.75) is 0 Å². The Morgan fingerprint density at radius 1 is 1.04 bits per heavy atom. The maximum atomic E-state index is 12.6. The Hall–Kier alpha value is -2.90. The number of aliphatic hydroxyl groups is 2. The van der Waals surface area contributed by atoms with Crippen molar-refractivity contribution in [1.82, 2.24) is 9.55 Å². The molecule has 2 N–H and O–H groups in total. The number of fused-ring (bicyclic) bond motifs is 1. The number of para-hydroxylation sites is 1. The summed E-state index contributed by atoms with van der Waals surface area (Å²) in [5.41, 5.74) is 1.05. The molecule has 0 aliphatic heterocycles. The second-order valence-electron chi connectivity index (χ2n) is 5.62. The van der Waals surface area contributed by atoms with Gasteiger partial charge in [-0.05, 0) is 24.3 Å². The Bertz CT molecular complexity index is 968. The Labute approximate surface area is 150 Å². The number of aromatic nitrogens is 2. The van der Waals surface area contributed by atoms with Gasteiger partial charge < -0.3 is 19.7 Å². The van der Waals surface area contributed by atoms with Crippen LogP contribution in [-0.4, -0.2) is 46.2 Å². The zero-order chi connectivity index (χ0) is 18.5. The summed E-state index contributed by atoms with van der Waals surface area (Å²) in [5.74, 6) is 1.41. The Balaban J connectivity index is 2.14. The topological polar surface area (TPSA) is 93.8 Å². The molecule has 2 aromatic carbocycles. The molecule has 3 rings (SSSR count). The fraction of sp³-hybridized carbons (Fsp3) is 0.263. The number of hydrogen-bond acceptors (Lipinski definition) is 6. The van der Waals surface area contributed by atoms with Crippen molar-refractivity contribution >= 4 is 10.9 Å². The molecule has 0 bridgehead atoms. The molecular formula is C19H20N2O5. The van der Waals surface area contributed by atoms with Crippen molar-refractivity contribution in [2.75, 3.05) is 26.4 Å². The molecule has 3 aromatic rings. The quantitative estimate of drug-likeness (QED) is 0.664. The molecule has 0 saturated carbocycles. The Morgan fingerprint density at radius 3 is 2.54 bits per heavy atom. The van der Waals surface area contributed by atoms with Gasteiger partial charge in [-0.3, -0.25) is 9.36 Å². The van der Waals surface area contributed by atoms with Crippen LogP contribution in [0.2, 0.25) is 0 Å². The lowest BCUT2D eigenvalue weighted by molar-refractivity contribution is 0.195. The van der Waals surface area contributed by atoms with Gasteiger partial charge in [0, 0.05) is 13.1 Å². The summed E-state index contributed by atoms with van der Waals surface area (Å²) >= 11 is 0. The molecule has 0 atom stereocenters. The van der Waals surface area contributed by atoms with E-state index in [1.165, 1.54) is 4.57 Å².